The molecule has 4 aliphatic rings. The highest BCUT2D eigenvalue weighted by molar-refractivity contribution is 7.99. The molecule has 0 amide bonds. The highest BCUT2D eigenvalue weighted by atomic mass is 32.2. The summed E-state index contributed by atoms with van der Waals surface area (Å²) in [7, 11) is 0. The van der Waals surface area contributed by atoms with Crippen LogP contribution in [0.4, 0.5) is 17.2 Å². The molecule has 0 aliphatic carbocycles. The lowest BCUT2D eigenvalue weighted by atomic mass is 9.61. The average molecular weight is 444 g/mol. The quantitative estimate of drug-likeness (QED) is 0.403. The Kier molecular flexibility index (Phi) is 3.21. The summed E-state index contributed by atoms with van der Waals surface area (Å²) < 4.78 is 4.56. The summed E-state index contributed by atoms with van der Waals surface area (Å²) in [6.45, 7) is -1.78. The molecule has 4 aliphatic heterocycles. The van der Waals surface area contributed by atoms with Crippen molar-refractivity contribution in [3.05, 3.63) is 109 Å². The van der Waals surface area contributed by atoms with E-state index >= 15 is 0 Å². The Balaban J connectivity index is 1.62. The van der Waals surface area contributed by atoms with E-state index < -0.39 is 6.69 Å². The van der Waals surface area contributed by atoms with Gasteiger partial charge in [0.1, 0.15) is 0 Å². The minimum Gasteiger partial charge on any atom is -0.435 e. The Morgan fingerprint density at radius 1 is 0.909 bits per heavy atom. The topological polar surface area (TPSA) is 40.5 Å². The molecule has 6 nitrogen and oxygen atoms in total. The van der Waals surface area contributed by atoms with Crippen LogP contribution in [-0.4, -0.2) is 26.8 Å². The van der Waals surface area contributed by atoms with Crippen LogP contribution < -0.4 is 9.29 Å². The van der Waals surface area contributed by atoms with Gasteiger partial charge in [-0.15, -0.1) is 0 Å². The van der Waals surface area contributed by atoms with Crippen molar-refractivity contribution in [2.24, 2.45) is 4.99 Å². The number of benzene rings is 2. The molecule has 1 unspecified atom stereocenters. The van der Waals surface area contributed by atoms with Gasteiger partial charge in [0.15, 0.2) is 0 Å². The largest absolute Gasteiger partial charge is 0.508 e. The summed E-state index contributed by atoms with van der Waals surface area (Å²) in [5, 5.41) is 0. The third-order valence-electron chi connectivity index (χ3n) is 6.95. The summed E-state index contributed by atoms with van der Waals surface area (Å²) >= 11 is 1.84. The molecule has 1 atom stereocenters. The minimum atomic E-state index is -1.78. The van der Waals surface area contributed by atoms with Crippen LogP contribution in [-0.2, 0) is 0 Å². The maximum atomic E-state index is 5.07. The van der Waals surface area contributed by atoms with Crippen molar-refractivity contribution >= 4 is 47.2 Å². The predicted molar refractivity (Wildman–Crippen MR) is 131 cm³/mol. The summed E-state index contributed by atoms with van der Waals surface area (Å²) in [5.74, 6) is 1.85. The Hall–Kier alpha value is -4.04. The van der Waals surface area contributed by atoms with E-state index in [2.05, 4.69) is 115 Å². The van der Waals surface area contributed by atoms with E-state index in [4.69, 9.17) is 4.99 Å². The van der Waals surface area contributed by atoms with Crippen molar-refractivity contribution in [1.82, 2.24) is 14.3 Å². The van der Waals surface area contributed by atoms with Crippen LogP contribution in [0.1, 0.15) is 5.56 Å². The SMILES string of the molecule is C1=CC2=Nc3cccc[n+]3[B-]3(n4ccnc4)N2C(=C1)c1cccc2c1N3c1ccccc1S2. The molecule has 2 aromatic carbocycles. The van der Waals surface area contributed by atoms with Gasteiger partial charge in [0, 0.05) is 57.0 Å². The van der Waals surface area contributed by atoms with Crippen LogP contribution in [0.25, 0.3) is 5.70 Å². The van der Waals surface area contributed by atoms with Gasteiger partial charge in [0.25, 0.3) is 5.82 Å². The van der Waals surface area contributed by atoms with Crippen LogP contribution in [0, 0.1) is 0 Å². The Bertz CT molecular complexity index is 1570. The molecule has 0 saturated carbocycles. The van der Waals surface area contributed by atoms with Crippen molar-refractivity contribution in [3.63, 3.8) is 0 Å². The second-order valence-electron chi connectivity index (χ2n) is 8.51. The molecule has 0 spiro atoms. The van der Waals surface area contributed by atoms with Crippen molar-refractivity contribution in [2.45, 2.75) is 9.79 Å². The number of imidazole rings is 1. The van der Waals surface area contributed by atoms with Crippen LogP contribution >= 0.6 is 11.8 Å². The zero-order valence-corrected chi connectivity index (χ0v) is 18.3. The molecule has 0 N–H and O–H groups in total. The molecule has 8 heteroatoms. The van der Waals surface area contributed by atoms with Crippen LogP contribution in [0.3, 0.4) is 0 Å². The molecule has 8 rings (SSSR count). The summed E-state index contributed by atoms with van der Waals surface area (Å²) in [6, 6.07) is 21.5. The number of aliphatic imine (C=N–C) groups is 1. The monoisotopic (exact) mass is 444 g/mol. The first-order valence-corrected chi connectivity index (χ1v) is 11.8. The van der Waals surface area contributed by atoms with Crippen LogP contribution in [0.15, 0.2) is 119 Å². The van der Waals surface area contributed by atoms with Gasteiger partial charge in [-0.2, -0.15) is 0 Å². The Morgan fingerprint density at radius 2 is 1.82 bits per heavy atom. The predicted octanol–water partition coefficient (Wildman–Crippen LogP) is 4.58. The number of fused-ring (bicyclic) bond motifs is 6. The lowest BCUT2D eigenvalue weighted by molar-refractivity contribution is -0.544. The third-order valence-corrected chi connectivity index (χ3v) is 8.07. The minimum absolute atomic E-state index is 0.917. The number of allylic oxidation sites excluding steroid dienone is 2. The molecular formula is C25H17BN6S. The zero-order chi connectivity index (χ0) is 21.6. The molecule has 0 radical (unpaired) electrons. The first-order valence-electron chi connectivity index (χ1n) is 11.0. The van der Waals surface area contributed by atoms with E-state index in [1.165, 1.54) is 26.7 Å². The normalized spacial score (nSPS) is 20.8. The van der Waals surface area contributed by atoms with Crippen molar-refractivity contribution in [3.8, 4) is 0 Å². The second kappa shape index (κ2) is 6.05. The van der Waals surface area contributed by atoms with E-state index in [-0.39, 0.29) is 0 Å². The number of rotatable bonds is 1. The summed E-state index contributed by atoms with van der Waals surface area (Å²) in [4.78, 5) is 17.0. The lowest BCUT2D eigenvalue weighted by Gasteiger charge is -2.62. The standard InChI is InChI=1S/C25H17BN6S/c1-2-10-21-20(8-1)32-25-18(7-5-11-22(25)33-21)19-9-6-13-24-28-23-12-3-4-15-30(23)26(32,31(19)24)29-16-14-27-17-29/h1-17H. The van der Waals surface area contributed by atoms with Gasteiger partial charge in [-0.25, -0.2) is 4.98 Å². The summed E-state index contributed by atoms with van der Waals surface area (Å²) in [6.07, 6.45) is 14.4. The zero-order valence-electron chi connectivity index (χ0n) is 17.5. The number of hydrogen-bond acceptors (Lipinski definition) is 5. The van der Waals surface area contributed by atoms with Crippen molar-refractivity contribution < 1.29 is 4.48 Å². The number of hydrogen-bond donors (Lipinski definition) is 0. The molecule has 6 heterocycles. The number of amidine groups is 1. The lowest BCUT2D eigenvalue weighted by Crippen LogP contribution is -2.88. The Morgan fingerprint density at radius 3 is 2.76 bits per heavy atom. The molecule has 33 heavy (non-hydrogen) atoms. The van der Waals surface area contributed by atoms with Gasteiger partial charge in [0.2, 0.25) is 5.84 Å². The van der Waals surface area contributed by atoms with Crippen molar-refractivity contribution in [2.75, 3.05) is 4.81 Å². The van der Waals surface area contributed by atoms with Crippen LogP contribution in [0.2, 0.25) is 0 Å². The van der Waals surface area contributed by atoms with Gasteiger partial charge >= 0.3 is 6.69 Å². The fourth-order valence-electron chi connectivity index (χ4n) is 5.79. The van der Waals surface area contributed by atoms with Gasteiger partial charge in [-0.1, -0.05) is 48.2 Å². The maximum Gasteiger partial charge on any atom is 0.508 e. The first kappa shape index (κ1) is 17.5. The molecule has 0 bridgehead atoms. The van der Waals surface area contributed by atoms with Crippen LogP contribution in [0.5, 0.6) is 0 Å². The van der Waals surface area contributed by atoms with Gasteiger partial charge < -0.3 is 18.6 Å². The molecular weight excluding hydrogens is 427 g/mol. The molecule has 4 aromatic rings. The van der Waals surface area contributed by atoms with Gasteiger partial charge in [0.05, 0.1) is 6.33 Å². The number of para-hydroxylation sites is 2. The van der Waals surface area contributed by atoms with E-state index in [9.17, 15) is 0 Å². The number of nitrogens with zero attached hydrogens (tertiary/aromatic N) is 6. The van der Waals surface area contributed by atoms with E-state index in [1.807, 2.05) is 24.3 Å². The Labute approximate surface area is 194 Å². The van der Waals surface area contributed by atoms with E-state index in [1.54, 1.807) is 0 Å². The second-order valence-corrected chi connectivity index (χ2v) is 9.60. The van der Waals surface area contributed by atoms with E-state index in [0.29, 0.717) is 0 Å². The maximum absolute atomic E-state index is 5.07. The first-order chi connectivity index (χ1) is 16.4. The van der Waals surface area contributed by atoms with Gasteiger partial charge in [-0.3, -0.25) is 0 Å². The van der Waals surface area contributed by atoms with Gasteiger partial charge in [-0.05, 0) is 41.5 Å². The molecule has 0 saturated heterocycles. The third kappa shape index (κ3) is 2.01. The fourth-order valence-corrected chi connectivity index (χ4v) is 6.89. The van der Waals surface area contributed by atoms with E-state index in [0.717, 1.165) is 17.4 Å². The fraction of sp³-hybridized carbons (Fsp3) is 0. The number of pyridine rings is 1. The molecule has 2 aromatic heterocycles. The summed E-state index contributed by atoms with van der Waals surface area (Å²) in [5.41, 5.74) is 4.79. The molecule has 0 fully saturated rings. The smallest absolute Gasteiger partial charge is 0.435 e. The highest BCUT2D eigenvalue weighted by Crippen LogP contribution is 2.56. The average Bonchev–Trinajstić information content (AvgIpc) is 3.41. The highest BCUT2D eigenvalue weighted by Gasteiger charge is 2.59. The van der Waals surface area contributed by atoms with Crippen molar-refractivity contribution in [1.29, 1.82) is 0 Å². The number of aromatic nitrogens is 3. The molecule has 156 valence electrons. The number of anilines is 2.